The molecule has 0 spiro atoms. The average Bonchev–Trinajstić information content (AvgIpc) is 2.58. The number of hydrogen-bond donors (Lipinski definition) is 1. The number of ketones is 1. The van der Waals surface area contributed by atoms with E-state index in [1.54, 1.807) is 0 Å². The van der Waals surface area contributed by atoms with E-state index in [4.69, 9.17) is 5.73 Å². The first kappa shape index (κ1) is 13.5. The van der Waals surface area contributed by atoms with Gasteiger partial charge in [-0.2, -0.15) is 0 Å². The molecule has 2 rings (SSSR count). The minimum absolute atomic E-state index is 0.0560. The highest BCUT2D eigenvalue weighted by Crippen LogP contribution is 2.64. The first-order chi connectivity index (χ1) is 8.22. The van der Waals surface area contributed by atoms with Crippen LogP contribution in [0, 0.1) is 16.7 Å². The lowest BCUT2D eigenvalue weighted by atomic mass is 9.69. The van der Waals surface area contributed by atoms with Crippen molar-refractivity contribution in [2.45, 2.75) is 33.1 Å². The Morgan fingerprint density at radius 3 is 2.56 bits per heavy atom. The number of hydrogen-bond acceptors (Lipinski definition) is 4. The Labute approximate surface area is 108 Å². The zero-order valence-electron chi connectivity index (χ0n) is 10.5. The minimum Gasteiger partial charge on any atom is -0.755 e. The van der Waals surface area contributed by atoms with Gasteiger partial charge in [-0.05, 0) is 24.2 Å². The van der Waals surface area contributed by atoms with E-state index in [0.29, 0.717) is 17.1 Å². The molecule has 0 radical (unpaired) electrons. The normalized spacial score (nSPS) is 34.6. The van der Waals surface area contributed by atoms with E-state index in [2.05, 4.69) is 0 Å². The summed E-state index contributed by atoms with van der Waals surface area (Å²) in [6, 6.07) is -1.03. The number of Topliss-reactive ketones (excluding diaryl/α,β-unsaturated/α-hetero) is 1. The van der Waals surface area contributed by atoms with Crippen molar-refractivity contribution in [3.8, 4) is 0 Å². The molecule has 102 valence electrons. The summed E-state index contributed by atoms with van der Waals surface area (Å²) >= 11 is -2.73. The quantitative estimate of drug-likeness (QED) is 0.758. The third-order valence-electron chi connectivity index (χ3n) is 4.98. The fourth-order valence-electron chi connectivity index (χ4n) is 3.59. The van der Waals surface area contributed by atoms with Crippen LogP contribution >= 0.6 is 0 Å². The molecule has 2 amide bonds. The zero-order chi connectivity index (χ0) is 13.7. The maximum Gasteiger partial charge on any atom is 0.325 e. The number of primary amides is 1. The SMILES string of the molecule is CC1(C)C2CCC1(CN(C(N)=O)S(=O)[O-])C(=O)C2. The molecular formula is C11H17N2O4S-. The third kappa shape index (κ3) is 1.60. The fourth-order valence-corrected chi connectivity index (χ4v) is 4.06. The molecule has 0 aliphatic heterocycles. The summed E-state index contributed by atoms with van der Waals surface area (Å²) in [5.74, 6) is 0.334. The van der Waals surface area contributed by atoms with Gasteiger partial charge in [-0.3, -0.25) is 13.3 Å². The number of amides is 2. The second kappa shape index (κ2) is 4.03. The van der Waals surface area contributed by atoms with Crippen LogP contribution in [0.4, 0.5) is 4.79 Å². The van der Waals surface area contributed by atoms with E-state index in [0.717, 1.165) is 6.42 Å². The Morgan fingerprint density at radius 2 is 2.22 bits per heavy atom. The van der Waals surface area contributed by atoms with Gasteiger partial charge in [0.05, 0.1) is 16.7 Å². The first-order valence-corrected chi connectivity index (χ1v) is 6.95. The molecule has 0 aromatic heterocycles. The smallest absolute Gasteiger partial charge is 0.325 e. The summed E-state index contributed by atoms with van der Waals surface area (Å²) in [4.78, 5) is 23.3. The molecule has 0 aromatic carbocycles. The lowest BCUT2D eigenvalue weighted by molar-refractivity contribution is -0.129. The van der Waals surface area contributed by atoms with Gasteiger partial charge in [0.25, 0.3) is 0 Å². The molecule has 2 aliphatic rings. The maximum absolute atomic E-state index is 12.2. The first-order valence-electron chi connectivity index (χ1n) is 5.92. The summed E-state index contributed by atoms with van der Waals surface area (Å²) in [7, 11) is 0. The number of fused-ring (bicyclic) bond motifs is 2. The van der Waals surface area contributed by atoms with E-state index < -0.39 is 22.7 Å². The molecule has 0 heterocycles. The molecule has 2 fully saturated rings. The van der Waals surface area contributed by atoms with Crippen molar-refractivity contribution in [3.63, 3.8) is 0 Å². The van der Waals surface area contributed by atoms with Crippen molar-refractivity contribution >= 4 is 23.1 Å². The van der Waals surface area contributed by atoms with E-state index >= 15 is 0 Å². The van der Waals surface area contributed by atoms with Gasteiger partial charge < -0.3 is 10.3 Å². The molecule has 0 saturated heterocycles. The van der Waals surface area contributed by atoms with Crippen LogP contribution in [0.3, 0.4) is 0 Å². The molecule has 2 N–H and O–H groups in total. The molecule has 3 unspecified atom stereocenters. The highest BCUT2D eigenvalue weighted by atomic mass is 32.2. The molecular weight excluding hydrogens is 256 g/mol. The number of rotatable bonds is 3. The minimum atomic E-state index is -2.73. The van der Waals surface area contributed by atoms with Gasteiger partial charge in [0.2, 0.25) is 0 Å². The Kier molecular flexibility index (Phi) is 3.02. The number of carbonyl (C=O) groups excluding carboxylic acids is 2. The second-order valence-corrected chi connectivity index (χ2v) is 6.63. The van der Waals surface area contributed by atoms with Crippen LogP contribution < -0.4 is 5.73 Å². The Balaban J connectivity index is 2.34. The molecule has 18 heavy (non-hydrogen) atoms. The summed E-state index contributed by atoms with van der Waals surface area (Å²) in [6.45, 7) is 3.83. The lowest BCUT2D eigenvalue weighted by Gasteiger charge is -2.40. The van der Waals surface area contributed by atoms with Crippen LogP contribution in [0.2, 0.25) is 0 Å². The molecule has 2 saturated carbocycles. The lowest BCUT2D eigenvalue weighted by Crippen LogP contribution is -2.50. The van der Waals surface area contributed by atoms with Gasteiger partial charge in [0.15, 0.2) is 0 Å². The highest BCUT2D eigenvalue weighted by Gasteiger charge is 2.64. The summed E-state index contributed by atoms with van der Waals surface area (Å²) in [5.41, 5.74) is 4.02. The Hall–Kier alpha value is -0.950. The predicted molar refractivity (Wildman–Crippen MR) is 63.8 cm³/mol. The van der Waals surface area contributed by atoms with E-state index in [1.807, 2.05) is 13.8 Å². The van der Waals surface area contributed by atoms with E-state index in [9.17, 15) is 18.4 Å². The monoisotopic (exact) mass is 273 g/mol. The van der Waals surface area contributed by atoms with Gasteiger partial charge >= 0.3 is 6.03 Å². The van der Waals surface area contributed by atoms with Crippen LogP contribution in [0.1, 0.15) is 33.1 Å². The fraction of sp³-hybridized carbons (Fsp3) is 0.818. The van der Waals surface area contributed by atoms with Crippen molar-refractivity contribution in [2.24, 2.45) is 22.5 Å². The van der Waals surface area contributed by atoms with Gasteiger partial charge in [0.1, 0.15) is 5.78 Å². The summed E-state index contributed by atoms with van der Waals surface area (Å²) in [5, 5.41) is 0. The van der Waals surface area contributed by atoms with Crippen molar-refractivity contribution < 1.29 is 18.4 Å². The molecule has 7 heteroatoms. The number of nitrogens with zero attached hydrogens (tertiary/aromatic N) is 1. The number of carbonyl (C=O) groups is 2. The molecule has 2 aliphatic carbocycles. The summed E-state index contributed by atoms with van der Waals surface area (Å²) < 4.78 is 22.6. The van der Waals surface area contributed by atoms with Gasteiger partial charge in [-0.25, -0.2) is 4.79 Å². The largest absolute Gasteiger partial charge is 0.755 e. The van der Waals surface area contributed by atoms with Crippen LogP contribution in [-0.2, 0) is 16.1 Å². The average molecular weight is 273 g/mol. The molecule has 0 aromatic rings. The Bertz CT molecular complexity index is 423. The van der Waals surface area contributed by atoms with E-state index in [-0.39, 0.29) is 23.7 Å². The Morgan fingerprint density at radius 1 is 1.61 bits per heavy atom. The van der Waals surface area contributed by atoms with Gasteiger partial charge in [0, 0.05) is 13.0 Å². The topological polar surface area (TPSA) is 104 Å². The van der Waals surface area contributed by atoms with Crippen LogP contribution in [0.5, 0.6) is 0 Å². The van der Waals surface area contributed by atoms with Crippen molar-refractivity contribution in [1.82, 2.24) is 4.31 Å². The zero-order valence-corrected chi connectivity index (χ0v) is 11.3. The van der Waals surface area contributed by atoms with Crippen molar-refractivity contribution in [1.29, 1.82) is 0 Å². The second-order valence-electron chi connectivity index (χ2n) is 5.76. The van der Waals surface area contributed by atoms with Crippen molar-refractivity contribution in [2.75, 3.05) is 6.54 Å². The van der Waals surface area contributed by atoms with Gasteiger partial charge in [-0.1, -0.05) is 13.8 Å². The predicted octanol–water partition coefficient (Wildman–Crippen LogP) is 0.557. The highest BCUT2D eigenvalue weighted by molar-refractivity contribution is 7.77. The molecule has 3 atom stereocenters. The number of nitrogens with two attached hydrogens (primary N) is 1. The molecule has 2 bridgehead atoms. The van der Waals surface area contributed by atoms with Gasteiger partial charge in [-0.15, -0.1) is 0 Å². The standard InChI is InChI=1S/C11H18N2O4S/c1-10(2)7-3-4-11(10,8(14)5-7)6-13(9(12)15)18(16)17/h7H,3-6H2,1-2H3,(H2,12,15)(H,16,17)/p-1. The maximum atomic E-state index is 12.2. The summed E-state index contributed by atoms with van der Waals surface area (Å²) in [6.07, 6.45) is 2.01. The van der Waals surface area contributed by atoms with Crippen LogP contribution in [-0.4, -0.2) is 31.4 Å². The third-order valence-corrected chi connectivity index (χ3v) is 5.65. The van der Waals surface area contributed by atoms with Crippen molar-refractivity contribution in [3.05, 3.63) is 0 Å². The van der Waals surface area contributed by atoms with E-state index in [1.165, 1.54) is 0 Å². The van der Waals surface area contributed by atoms with Crippen LogP contribution in [0.15, 0.2) is 0 Å². The van der Waals surface area contributed by atoms with Crippen LogP contribution in [0.25, 0.3) is 0 Å². The molecule has 6 nitrogen and oxygen atoms in total. The number of urea groups is 1.